The van der Waals surface area contributed by atoms with Gasteiger partial charge in [0.05, 0.1) is 6.61 Å². The number of hydrogen-bond acceptors (Lipinski definition) is 2. The van der Waals surface area contributed by atoms with Crippen LogP contribution in [0.4, 0.5) is 13.2 Å². The second-order valence-corrected chi connectivity index (χ2v) is 4.84. The predicted octanol–water partition coefficient (Wildman–Crippen LogP) is 3.18. The van der Waals surface area contributed by atoms with Crippen LogP contribution in [0.1, 0.15) is 31.4 Å². The third-order valence-corrected chi connectivity index (χ3v) is 3.43. The van der Waals surface area contributed by atoms with E-state index >= 15 is 0 Å². The van der Waals surface area contributed by atoms with Gasteiger partial charge in [-0.25, -0.2) is 13.2 Å². The topological polar surface area (TPSA) is 21.3 Å². The molecule has 0 aliphatic carbocycles. The second kappa shape index (κ2) is 6.39. The van der Waals surface area contributed by atoms with Crippen LogP contribution < -0.4 is 5.32 Å². The molecular formula is C14H18F3NO. The molecule has 1 aliphatic heterocycles. The Morgan fingerprint density at radius 2 is 2.00 bits per heavy atom. The molecule has 1 fully saturated rings. The fourth-order valence-corrected chi connectivity index (χ4v) is 2.42. The van der Waals surface area contributed by atoms with Crippen molar-refractivity contribution in [1.82, 2.24) is 5.32 Å². The van der Waals surface area contributed by atoms with Crippen molar-refractivity contribution in [2.24, 2.45) is 5.92 Å². The average molecular weight is 273 g/mol. The van der Waals surface area contributed by atoms with Gasteiger partial charge in [0.25, 0.3) is 0 Å². The maximum Gasteiger partial charge on any atom is 0.161 e. The van der Waals surface area contributed by atoms with E-state index in [4.69, 9.17) is 4.74 Å². The van der Waals surface area contributed by atoms with Crippen molar-refractivity contribution in [2.45, 2.75) is 25.8 Å². The number of benzene rings is 1. The predicted molar refractivity (Wildman–Crippen MR) is 66.3 cm³/mol. The lowest BCUT2D eigenvalue weighted by atomic mass is 9.91. The maximum atomic E-state index is 13.9. The Kier molecular flexibility index (Phi) is 4.82. The molecule has 0 amide bonds. The second-order valence-electron chi connectivity index (χ2n) is 4.84. The maximum absolute atomic E-state index is 13.9. The van der Waals surface area contributed by atoms with Gasteiger partial charge in [-0.2, -0.15) is 0 Å². The highest BCUT2D eigenvalue weighted by molar-refractivity contribution is 5.24. The van der Waals surface area contributed by atoms with Gasteiger partial charge in [-0.3, -0.25) is 0 Å². The van der Waals surface area contributed by atoms with Crippen LogP contribution in [0.2, 0.25) is 0 Å². The SMILES string of the molecule is CCCNC(c1cc(F)c(F)cc1F)C1CCOC1. The van der Waals surface area contributed by atoms with E-state index in [0.717, 1.165) is 18.9 Å². The number of hydrogen-bond donors (Lipinski definition) is 1. The minimum atomic E-state index is -1.15. The van der Waals surface area contributed by atoms with Gasteiger partial charge >= 0.3 is 0 Å². The Hall–Kier alpha value is -1.07. The smallest absolute Gasteiger partial charge is 0.161 e. The zero-order valence-corrected chi connectivity index (χ0v) is 10.9. The average Bonchev–Trinajstić information content (AvgIpc) is 2.89. The van der Waals surface area contributed by atoms with Gasteiger partial charge in [-0.15, -0.1) is 0 Å². The fourth-order valence-electron chi connectivity index (χ4n) is 2.42. The van der Waals surface area contributed by atoms with Gasteiger partial charge in [0.15, 0.2) is 11.6 Å². The van der Waals surface area contributed by atoms with Crippen molar-refractivity contribution in [3.05, 3.63) is 35.1 Å². The molecule has 1 N–H and O–H groups in total. The highest BCUT2D eigenvalue weighted by Gasteiger charge is 2.29. The van der Waals surface area contributed by atoms with Crippen LogP contribution >= 0.6 is 0 Å². The van der Waals surface area contributed by atoms with E-state index in [9.17, 15) is 13.2 Å². The van der Waals surface area contributed by atoms with Crippen molar-refractivity contribution in [1.29, 1.82) is 0 Å². The molecular weight excluding hydrogens is 255 g/mol. The molecule has 1 heterocycles. The lowest BCUT2D eigenvalue weighted by Crippen LogP contribution is -2.30. The number of rotatable bonds is 5. The first-order valence-electron chi connectivity index (χ1n) is 6.59. The first-order valence-corrected chi connectivity index (χ1v) is 6.59. The summed E-state index contributed by atoms with van der Waals surface area (Å²) in [6.45, 7) is 3.83. The van der Waals surface area contributed by atoms with Gasteiger partial charge in [0, 0.05) is 30.2 Å². The summed E-state index contributed by atoms with van der Waals surface area (Å²) >= 11 is 0. The monoisotopic (exact) mass is 273 g/mol. The molecule has 0 bridgehead atoms. The minimum absolute atomic E-state index is 0.0888. The summed E-state index contributed by atoms with van der Waals surface area (Å²) in [5.41, 5.74) is 0.183. The van der Waals surface area contributed by atoms with E-state index in [1.54, 1.807) is 0 Å². The Balaban J connectivity index is 2.28. The van der Waals surface area contributed by atoms with E-state index in [1.165, 1.54) is 0 Å². The van der Waals surface area contributed by atoms with Crippen LogP contribution in [-0.4, -0.2) is 19.8 Å². The minimum Gasteiger partial charge on any atom is -0.381 e. The quantitative estimate of drug-likeness (QED) is 0.832. The molecule has 5 heteroatoms. The van der Waals surface area contributed by atoms with Crippen molar-refractivity contribution >= 4 is 0 Å². The lowest BCUT2D eigenvalue weighted by molar-refractivity contribution is 0.176. The highest BCUT2D eigenvalue weighted by Crippen LogP contribution is 2.31. The molecule has 1 aromatic rings. The molecule has 1 aromatic carbocycles. The zero-order chi connectivity index (χ0) is 13.8. The molecule has 2 unspecified atom stereocenters. The summed E-state index contributed by atoms with van der Waals surface area (Å²) in [4.78, 5) is 0. The molecule has 0 aromatic heterocycles. The van der Waals surface area contributed by atoms with Crippen LogP contribution in [0.25, 0.3) is 0 Å². The summed E-state index contributed by atoms with van der Waals surface area (Å²) in [7, 11) is 0. The molecule has 0 saturated carbocycles. The van der Waals surface area contributed by atoms with Crippen molar-refractivity contribution < 1.29 is 17.9 Å². The number of nitrogens with one attached hydrogen (secondary N) is 1. The van der Waals surface area contributed by atoms with Crippen LogP contribution in [0.5, 0.6) is 0 Å². The first-order chi connectivity index (χ1) is 9.13. The van der Waals surface area contributed by atoms with E-state index < -0.39 is 17.5 Å². The Morgan fingerprint density at radius 3 is 2.63 bits per heavy atom. The zero-order valence-electron chi connectivity index (χ0n) is 10.9. The van der Waals surface area contributed by atoms with Crippen LogP contribution in [0.3, 0.4) is 0 Å². The van der Waals surface area contributed by atoms with E-state index in [-0.39, 0.29) is 17.5 Å². The fraction of sp³-hybridized carbons (Fsp3) is 0.571. The molecule has 1 aliphatic rings. The number of halogens is 3. The van der Waals surface area contributed by atoms with Crippen molar-refractivity contribution in [2.75, 3.05) is 19.8 Å². The first kappa shape index (κ1) is 14.3. The highest BCUT2D eigenvalue weighted by atomic mass is 19.2. The molecule has 0 spiro atoms. The largest absolute Gasteiger partial charge is 0.381 e. The van der Waals surface area contributed by atoms with Gasteiger partial charge in [-0.05, 0) is 25.5 Å². The van der Waals surface area contributed by atoms with Crippen molar-refractivity contribution in [3.8, 4) is 0 Å². The van der Waals surface area contributed by atoms with Crippen LogP contribution in [0.15, 0.2) is 12.1 Å². The van der Waals surface area contributed by atoms with Gasteiger partial charge in [0.2, 0.25) is 0 Å². The van der Waals surface area contributed by atoms with Crippen LogP contribution in [0, 0.1) is 23.4 Å². The summed E-state index contributed by atoms with van der Waals surface area (Å²) in [5, 5.41) is 3.21. The summed E-state index contributed by atoms with van der Waals surface area (Å²) < 4.78 is 45.5. The molecule has 2 rings (SSSR count). The van der Waals surface area contributed by atoms with E-state index in [1.807, 2.05) is 6.92 Å². The normalized spacial score (nSPS) is 20.7. The Labute approximate surface area is 111 Å². The Bertz CT molecular complexity index is 433. The van der Waals surface area contributed by atoms with E-state index in [0.29, 0.717) is 25.8 Å². The van der Waals surface area contributed by atoms with Gasteiger partial charge < -0.3 is 10.1 Å². The molecule has 19 heavy (non-hydrogen) atoms. The molecule has 106 valence electrons. The summed E-state index contributed by atoms with van der Waals surface area (Å²) in [6, 6.07) is 1.23. The third kappa shape index (κ3) is 3.28. The van der Waals surface area contributed by atoms with Gasteiger partial charge in [-0.1, -0.05) is 6.92 Å². The third-order valence-electron chi connectivity index (χ3n) is 3.43. The molecule has 2 atom stereocenters. The molecule has 0 radical (unpaired) electrons. The standard InChI is InChI=1S/C14H18F3NO/c1-2-4-18-14(9-3-5-19-8-9)10-6-12(16)13(17)7-11(10)15/h6-7,9,14,18H,2-5,8H2,1H3. The lowest BCUT2D eigenvalue weighted by Gasteiger charge is -2.24. The van der Waals surface area contributed by atoms with Gasteiger partial charge in [0.1, 0.15) is 5.82 Å². The molecule has 2 nitrogen and oxygen atoms in total. The summed E-state index contributed by atoms with van der Waals surface area (Å²) in [5.74, 6) is -2.79. The number of ether oxygens (including phenoxy) is 1. The molecule has 1 saturated heterocycles. The summed E-state index contributed by atoms with van der Waals surface area (Å²) in [6.07, 6.45) is 1.68. The van der Waals surface area contributed by atoms with Crippen LogP contribution in [-0.2, 0) is 4.74 Å². The van der Waals surface area contributed by atoms with Crippen molar-refractivity contribution in [3.63, 3.8) is 0 Å². The Morgan fingerprint density at radius 1 is 1.26 bits per heavy atom. The van der Waals surface area contributed by atoms with E-state index in [2.05, 4.69) is 5.32 Å².